The number of rotatable bonds is 3. The summed E-state index contributed by atoms with van der Waals surface area (Å²) in [4.78, 5) is 3.55. The average molecular weight is 336 g/mol. The summed E-state index contributed by atoms with van der Waals surface area (Å²) in [5.74, 6) is 0. The van der Waals surface area contributed by atoms with Crippen LogP contribution in [0, 0.1) is 13.8 Å². The molecule has 2 aromatic heterocycles. The molecular formula is C21H25N3. The number of benzene rings is 1. The van der Waals surface area contributed by atoms with Crippen molar-refractivity contribution in [1.82, 2.24) is 14.5 Å². The van der Waals surface area contributed by atoms with E-state index in [9.17, 15) is 0 Å². The second-order valence-electron chi connectivity index (χ2n) is 5.43. The number of aromatic nitrogens is 2. The lowest BCUT2D eigenvalue weighted by atomic mass is 10.0. The molecule has 0 bridgehead atoms. The first kappa shape index (κ1) is 5.70. The van der Waals surface area contributed by atoms with E-state index in [1.165, 1.54) is 18.2 Å². The van der Waals surface area contributed by atoms with E-state index in [-0.39, 0.29) is 21.5 Å². The molecule has 0 atom stereocenters. The van der Waals surface area contributed by atoms with Crippen LogP contribution in [0.25, 0.3) is 10.9 Å². The minimum atomic E-state index is -3.55. The minimum absolute atomic E-state index is 0.121. The van der Waals surface area contributed by atoms with Crippen LogP contribution in [0.1, 0.15) is 50.0 Å². The van der Waals surface area contributed by atoms with Crippen LogP contribution in [0.2, 0.25) is 0 Å². The standard InChI is InChI=1S/C21H25N3/c1-15-4-7-20-18(12-15)19-14-23(3)10-9-21(19)24(20)11-8-17-6-5-16(2)22-13-17/h4-7,12-13H,8-11,14H2,1-3H3/i2D3,3D3,8D2,9D2,10D2,11D2,14D2. The Hall–Kier alpha value is -2.13. The van der Waals surface area contributed by atoms with Crippen molar-refractivity contribution in [2.75, 3.05) is 13.5 Å². The van der Waals surface area contributed by atoms with Gasteiger partial charge in [-0.25, -0.2) is 0 Å². The number of pyridine rings is 1. The lowest BCUT2D eigenvalue weighted by Gasteiger charge is -2.24. The first-order chi connectivity index (χ1) is 17.8. The minimum Gasteiger partial charge on any atom is -0.344 e. The molecule has 3 aromatic rings. The van der Waals surface area contributed by atoms with Crippen molar-refractivity contribution in [2.24, 2.45) is 0 Å². The Bertz CT molecular complexity index is 1460. The van der Waals surface area contributed by atoms with Gasteiger partial charge in [0, 0.05) is 73.5 Å². The van der Waals surface area contributed by atoms with Gasteiger partial charge in [0.1, 0.15) is 0 Å². The predicted octanol–water partition coefficient (Wildman–Crippen LogP) is 3.88. The van der Waals surface area contributed by atoms with Gasteiger partial charge in [-0.2, -0.15) is 0 Å². The first-order valence-electron chi connectivity index (χ1n) is 15.3. The normalized spacial score (nSPS) is 33.4. The Balaban J connectivity index is 2.12. The lowest BCUT2D eigenvalue weighted by Crippen LogP contribution is -2.27. The quantitative estimate of drug-likeness (QED) is 0.724. The first-order valence-corrected chi connectivity index (χ1v) is 7.26. The highest BCUT2D eigenvalue weighted by molar-refractivity contribution is 5.86. The van der Waals surface area contributed by atoms with Crippen LogP contribution in [0.5, 0.6) is 0 Å². The van der Waals surface area contributed by atoms with Crippen LogP contribution >= 0.6 is 0 Å². The SMILES string of the molecule is [2H]C([2H])([2H])c1ccc(C([2H])([2H])C([2H])([2H])n2c3c(c4cc(C)ccc42)C([2H])([2H])N(C([2H])([2H])[2H])C([2H])([2H])C3([2H])[2H])cn1. The summed E-state index contributed by atoms with van der Waals surface area (Å²) >= 11 is 0. The monoisotopic (exact) mass is 335 g/mol. The third-order valence-electron chi connectivity index (χ3n) is 3.71. The number of nitrogens with zero attached hydrogens (tertiary/aromatic N) is 3. The molecule has 1 aromatic carbocycles. The van der Waals surface area contributed by atoms with E-state index in [4.69, 9.17) is 21.9 Å². The lowest BCUT2D eigenvalue weighted by molar-refractivity contribution is 0.309. The van der Waals surface area contributed by atoms with E-state index in [0.717, 1.165) is 18.3 Å². The molecule has 0 amide bonds. The third kappa shape index (κ3) is 2.73. The highest BCUT2D eigenvalue weighted by Crippen LogP contribution is 2.31. The molecule has 0 saturated heterocycles. The second-order valence-corrected chi connectivity index (χ2v) is 5.43. The van der Waals surface area contributed by atoms with Crippen molar-refractivity contribution >= 4 is 10.9 Å². The molecule has 3 nitrogen and oxygen atoms in total. The van der Waals surface area contributed by atoms with Gasteiger partial charge < -0.3 is 9.47 Å². The summed E-state index contributed by atoms with van der Waals surface area (Å²) in [7, 11) is 0. The number of hydrogen-bond donors (Lipinski definition) is 0. The van der Waals surface area contributed by atoms with Gasteiger partial charge in [0.05, 0.1) is 2.74 Å². The predicted molar refractivity (Wildman–Crippen MR) is 99.4 cm³/mol. The van der Waals surface area contributed by atoms with Crippen molar-refractivity contribution in [3.63, 3.8) is 0 Å². The van der Waals surface area contributed by atoms with Crippen LogP contribution in [-0.2, 0) is 25.7 Å². The van der Waals surface area contributed by atoms with Crippen LogP contribution in [0.4, 0.5) is 0 Å². The van der Waals surface area contributed by atoms with Crippen molar-refractivity contribution in [3.05, 3.63) is 64.6 Å². The fourth-order valence-corrected chi connectivity index (χ4v) is 2.59. The van der Waals surface area contributed by atoms with E-state index in [1.54, 1.807) is 6.92 Å². The fraction of sp³-hybridized carbons (Fsp3) is 0.381. The molecule has 24 heavy (non-hydrogen) atoms. The van der Waals surface area contributed by atoms with Gasteiger partial charge in [0.25, 0.3) is 0 Å². The molecule has 0 spiro atoms. The molecular weight excluding hydrogens is 294 g/mol. The summed E-state index contributed by atoms with van der Waals surface area (Å²) in [5, 5.41) is -0.121. The summed E-state index contributed by atoms with van der Waals surface area (Å²) in [6.07, 6.45) is -5.60. The molecule has 4 rings (SSSR count). The third-order valence-corrected chi connectivity index (χ3v) is 3.71. The van der Waals surface area contributed by atoms with Crippen LogP contribution in [-0.4, -0.2) is 27.9 Å². The Morgan fingerprint density at radius 3 is 3.08 bits per heavy atom. The maximum Gasteiger partial charge on any atom is 0.0501 e. The average Bonchev–Trinajstić information content (AvgIpc) is 3.13. The Morgan fingerprint density at radius 1 is 1.33 bits per heavy atom. The van der Waals surface area contributed by atoms with Crippen molar-refractivity contribution in [2.45, 2.75) is 39.5 Å². The highest BCUT2D eigenvalue weighted by atomic mass is 15.1. The molecule has 0 saturated carbocycles. The van der Waals surface area contributed by atoms with Gasteiger partial charge >= 0.3 is 0 Å². The molecule has 1 aliphatic heterocycles. The molecule has 124 valence electrons. The fourth-order valence-electron chi connectivity index (χ4n) is 2.59. The number of likely N-dealkylation sites (N-methyl/N-ethyl adjacent to an activating group) is 1. The van der Waals surface area contributed by atoms with Gasteiger partial charge in [0.2, 0.25) is 0 Å². The number of hydrogen-bond acceptors (Lipinski definition) is 2. The van der Waals surface area contributed by atoms with Gasteiger partial charge in [-0.3, -0.25) is 4.98 Å². The highest BCUT2D eigenvalue weighted by Gasteiger charge is 2.22. The van der Waals surface area contributed by atoms with Crippen LogP contribution < -0.4 is 0 Å². The molecule has 0 fully saturated rings. The summed E-state index contributed by atoms with van der Waals surface area (Å²) in [6, 6.07) is 6.19. The second kappa shape index (κ2) is 6.06. The van der Waals surface area contributed by atoms with Crippen molar-refractivity contribution < 1.29 is 21.9 Å². The molecule has 3 heteroatoms. The van der Waals surface area contributed by atoms with E-state index in [1.807, 2.05) is 0 Å². The van der Waals surface area contributed by atoms with Crippen molar-refractivity contribution in [3.8, 4) is 0 Å². The molecule has 0 radical (unpaired) electrons. The Kier molecular flexibility index (Phi) is 1.44. The summed E-state index contributed by atoms with van der Waals surface area (Å²) in [6.45, 7) is -14.5. The largest absolute Gasteiger partial charge is 0.344 e. The molecule has 0 N–H and O–H groups in total. The van der Waals surface area contributed by atoms with Gasteiger partial charge in [-0.05, 0) is 56.5 Å². The van der Waals surface area contributed by atoms with Crippen molar-refractivity contribution in [1.29, 1.82) is 0 Å². The van der Waals surface area contributed by atoms with E-state index in [0.29, 0.717) is 10.1 Å². The Morgan fingerprint density at radius 2 is 2.29 bits per heavy atom. The zero-order valence-electron chi connectivity index (χ0n) is 28.8. The topological polar surface area (TPSA) is 21.1 Å². The smallest absolute Gasteiger partial charge is 0.0501 e. The van der Waals surface area contributed by atoms with E-state index >= 15 is 0 Å². The number of aryl methyl sites for hydroxylation is 4. The van der Waals surface area contributed by atoms with E-state index < -0.39 is 62.9 Å². The number of fused-ring (bicyclic) bond motifs is 3. The van der Waals surface area contributed by atoms with Crippen LogP contribution in [0.3, 0.4) is 0 Å². The summed E-state index contributed by atoms with van der Waals surface area (Å²) in [5.41, 5.74) is -2.00. The molecule has 0 unspecified atom stereocenters. The summed E-state index contributed by atoms with van der Waals surface area (Å²) < 4.78 is 134. The molecule has 3 heterocycles. The molecule has 1 aliphatic rings. The van der Waals surface area contributed by atoms with Gasteiger partial charge in [-0.15, -0.1) is 0 Å². The van der Waals surface area contributed by atoms with E-state index in [2.05, 4.69) is 4.98 Å². The zero-order chi connectivity index (χ0) is 30.6. The van der Waals surface area contributed by atoms with Crippen LogP contribution in [0.15, 0.2) is 36.5 Å². The Labute approximate surface area is 166 Å². The van der Waals surface area contributed by atoms with Gasteiger partial charge in [-0.1, -0.05) is 17.7 Å². The van der Waals surface area contributed by atoms with Gasteiger partial charge in [0.15, 0.2) is 0 Å². The zero-order valence-corrected chi connectivity index (χ0v) is 12.8. The maximum atomic E-state index is 8.96. The maximum absolute atomic E-state index is 8.96. The molecule has 0 aliphatic carbocycles.